The van der Waals surface area contributed by atoms with Crippen LogP contribution in [0.1, 0.15) is 16.8 Å². The number of nitrogens with one attached hydrogen (secondary N) is 2. The molecule has 0 fully saturated rings. The van der Waals surface area contributed by atoms with Gasteiger partial charge in [0.05, 0.1) is 23.4 Å². The van der Waals surface area contributed by atoms with Gasteiger partial charge in [-0.05, 0) is 58.4 Å². The molecular weight excluding hydrogens is 482 g/mol. The van der Waals surface area contributed by atoms with E-state index in [-0.39, 0.29) is 12.3 Å². The molecule has 3 amide bonds. The maximum Gasteiger partial charge on any atom is 0.260 e. The third-order valence-electron chi connectivity index (χ3n) is 4.85. The van der Waals surface area contributed by atoms with Crippen LogP contribution in [0.2, 0.25) is 5.02 Å². The quantitative estimate of drug-likeness (QED) is 0.525. The van der Waals surface area contributed by atoms with Gasteiger partial charge in [0, 0.05) is 15.2 Å². The number of hydrogen-bond donors (Lipinski definition) is 2. The molecule has 3 aromatic rings. The summed E-state index contributed by atoms with van der Waals surface area (Å²) in [6, 6.07) is 19.7. The molecule has 1 aliphatic heterocycles. The van der Waals surface area contributed by atoms with Gasteiger partial charge < -0.3 is 10.6 Å². The van der Waals surface area contributed by atoms with Crippen LogP contribution < -0.4 is 15.5 Å². The summed E-state index contributed by atoms with van der Waals surface area (Å²) in [5.41, 5.74) is 1.95. The molecule has 3 aromatic carbocycles. The Hall–Kier alpha value is -3.16. The number of hydrogen-bond acceptors (Lipinski definition) is 3. The van der Waals surface area contributed by atoms with E-state index < -0.39 is 17.9 Å². The Balaban J connectivity index is 1.67. The lowest BCUT2D eigenvalue weighted by Gasteiger charge is -2.36. The molecule has 1 aliphatic rings. The molecule has 2 N–H and O–H groups in total. The van der Waals surface area contributed by atoms with Crippen molar-refractivity contribution >= 4 is 62.3 Å². The SMILES string of the molecule is O=C(CC1C(=O)Nc2ccccc2N1C(=O)c1ccccc1Br)Nc1cccc(Cl)c1. The molecule has 0 spiro atoms. The molecule has 0 aromatic heterocycles. The van der Waals surface area contributed by atoms with Crippen molar-refractivity contribution < 1.29 is 14.4 Å². The summed E-state index contributed by atoms with van der Waals surface area (Å²) in [6.45, 7) is 0. The van der Waals surface area contributed by atoms with E-state index in [1.54, 1.807) is 72.8 Å². The maximum absolute atomic E-state index is 13.5. The van der Waals surface area contributed by atoms with Crippen LogP contribution in [0.3, 0.4) is 0 Å². The second-order valence-electron chi connectivity index (χ2n) is 6.94. The fourth-order valence-corrected chi connectivity index (χ4v) is 4.09. The highest BCUT2D eigenvalue weighted by Crippen LogP contribution is 2.35. The Kier molecular flexibility index (Phi) is 6.06. The Morgan fingerprint density at radius 3 is 2.55 bits per heavy atom. The molecule has 0 radical (unpaired) electrons. The van der Waals surface area contributed by atoms with Crippen molar-refractivity contribution in [2.24, 2.45) is 0 Å². The van der Waals surface area contributed by atoms with Gasteiger partial charge in [-0.25, -0.2) is 0 Å². The summed E-state index contributed by atoms with van der Waals surface area (Å²) in [7, 11) is 0. The van der Waals surface area contributed by atoms with E-state index in [1.807, 2.05) is 0 Å². The first-order chi connectivity index (χ1) is 14.9. The predicted molar refractivity (Wildman–Crippen MR) is 125 cm³/mol. The number of para-hydroxylation sites is 2. The standard InChI is InChI=1S/C23H17BrClN3O3/c24-17-9-2-1-8-16(17)23(31)28-19-11-4-3-10-18(19)27-22(30)20(28)13-21(29)26-15-7-5-6-14(25)12-15/h1-12,20H,13H2,(H,26,29)(H,27,30). The van der Waals surface area contributed by atoms with E-state index in [1.165, 1.54) is 4.90 Å². The first kappa shape index (κ1) is 21.1. The minimum absolute atomic E-state index is 0.219. The van der Waals surface area contributed by atoms with Gasteiger partial charge in [0.15, 0.2) is 0 Å². The molecule has 0 bridgehead atoms. The first-order valence-corrected chi connectivity index (χ1v) is 10.6. The van der Waals surface area contributed by atoms with Gasteiger partial charge >= 0.3 is 0 Å². The number of benzene rings is 3. The van der Waals surface area contributed by atoms with Crippen molar-refractivity contribution in [1.82, 2.24) is 0 Å². The number of rotatable bonds is 4. The van der Waals surface area contributed by atoms with Crippen LogP contribution in [-0.4, -0.2) is 23.8 Å². The lowest BCUT2D eigenvalue weighted by atomic mass is 10.0. The molecule has 156 valence electrons. The molecule has 1 unspecified atom stereocenters. The number of carbonyl (C=O) groups is 3. The van der Waals surface area contributed by atoms with Gasteiger partial charge in [-0.2, -0.15) is 0 Å². The monoisotopic (exact) mass is 497 g/mol. The van der Waals surface area contributed by atoms with Crippen molar-refractivity contribution in [2.75, 3.05) is 15.5 Å². The largest absolute Gasteiger partial charge is 0.326 e. The summed E-state index contributed by atoms with van der Waals surface area (Å²) < 4.78 is 0.602. The minimum Gasteiger partial charge on any atom is -0.326 e. The molecular formula is C23H17BrClN3O3. The molecule has 4 rings (SSSR count). The van der Waals surface area contributed by atoms with Gasteiger partial charge in [-0.1, -0.05) is 41.9 Å². The zero-order valence-corrected chi connectivity index (χ0v) is 18.5. The van der Waals surface area contributed by atoms with Crippen LogP contribution in [-0.2, 0) is 9.59 Å². The Bertz CT molecular complexity index is 1180. The second-order valence-corrected chi connectivity index (χ2v) is 8.23. The Morgan fingerprint density at radius 2 is 1.77 bits per heavy atom. The van der Waals surface area contributed by atoms with Crippen molar-refractivity contribution in [2.45, 2.75) is 12.5 Å². The van der Waals surface area contributed by atoms with E-state index in [4.69, 9.17) is 11.6 Å². The third-order valence-corrected chi connectivity index (χ3v) is 5.77. The molecule has 1 heterocycles. The zero-order valence-electron chi connectivity index (χ0n) is 16.1. The summed E-state index contributed by atoms with van der Waals surface area (Å²) in [6.07, 6.45) is -0.219. The average molecular weight is 499 g/mol. The number of carbonyl (C=O) groups excluding carboxylic acids is 3. The predicted octanol–water partition coefficient (Wildman–Crippen LogP) is 5.10. The molecule has 8 heteroatoms. The second kappa shape index (κ2) is 8.91. The van der Waals surface area contributed by atoms with Crippen LogP contribution in [0.15, 0.2) is 77.3 Å². The van der Waals surface area contributed by atoms with Gasteiger partial charge in [-0.15, -0.1) is 0 Å². The van der Waals surface area contributed by atoms with Crippen LogP contribution in [0.5, 0.6) is 0 Å². The molecule has 31 heavy (non-hydrogen) atoms. The Morgan fingerprint density at radius 1 is 1.03 bits per heavy atom. The van der Waals surface area contributed by atoms with Crippen LogP contribution >= 0.6 is 27.5 Å². The van der Waals surface area contributed by atoms with Gasteiger partial charge in [0.25, 0.3) is 5.91 Å². The number of fused-ring (bicyclic) bond motifs is 1. The summed E-state index contributed by atoms with van der Waals surface area (Å²) in [4.78, 5) is 40.5. The summed E-state index contributed by atoms with van der Waals surface area (Å²) in [5, 5.41) is 6.01. The average Bonchev–Trinajstić information content (AvgIpc) is 2.74. The van der Waals surface area contributed by atoms with E-state index in [9.17, 15) is 14.4 Å². The van der Waals surface area contributed by atoms with Crippen molar-refractivity contribution in [1.29, 1.82) is 0 Å². The molecule has 0 saturated carbocycles. The number of amides is 3. The van der Waals surface area contributed by atoms with E-state index >= 15 is 0 Å². The van der Waals surface area contributed by atoms with Crippen LogP contribution in [0, 0.1) is 0 Å². The third kappa shape index (κ3) is 4.47. The number of anilines is 3. The number of nitrogens with zero attached hydrogens (tertiary/aromatic N) is 1. The molecule has 0 saturated heterocycles. The topological polar surface area (TPSA) is 78.5 Å². The van der Waals surface area contributed by atoms with E-state index in [0.29, 0.717) is 32.1 Å². The lowest BCUT2D eigenvalue weighted by molar-refractivity contribution is -0.122. The maximum atomic E-state index is 13.5. The van der Waals surface area contributed by atoms with E-state index in [0.717, 1.165) is 0 Å². The fraction of sp³-hybridized carbons (Fsp3) is 0.0870. The molecule has 0 aliphatic carbocycles. The lowest BCUT2D eigenvalue weighted by Crippen LogP contribution is -2.52. The highest BCUT2D eigenvalue weighted by atomic mass is 79.9. The Labute approximate surface area is 192 Å². The van der Waals surface area contributed by atoms with Crippen molar-refractivity contribution in [3.8, 4) is 0 Å². The first-order valence-electron chi connectivity index (χ1n) is 9.47. The van der Waals surface area contributed by atoms with Gasteiger partial charge in [0.1, 0.15) is 6.04 Å². The minimum atomic E-state index is -1.02. The van der Waals surface area contributed by atoms with Crippen LogP contribution in [0.25, 0.3) is 0 Å². The number of halogens is 2. The van der Waals surface area contributed by atoms with Gasteiger partial charge in [0.2, 0.25) is 11.8 Å². The van der Waals surface area contributed by atoms with E-state index in [2.05, 4.69) is 26.6 Å². The smallest absolute Gasteiger partial charge is 0.260 e. The van der Waals surface area contributed by atoms with Crippen molar-refractivity contribution in [3.05, 3.63) is 87.9 Å². The van der Waals surface area contributed by atoms with Gasteiger partial charge in [-0.3, -0.25) is 19.3 Å². The summed E-state index contributed by atoms with van der Waals surface area (Å²) in [5.74, 6) is -1.22. The zero-order chi connectivity index (χ0) is 22.0. The fourth-order valence-electron chi connectivity index (χ4n) is 3.44. The highest BCUT2D eigenvalue weighted by Gasteiger charge is 2.39. The van der Waals surface area contributed by atoms with Crippen LogP contribution in [0.4, 0.5) is 17.1 Å². The van der Waals surface area contributed by atoms with Crippen molar-refractivity contribution in [3.63, 3.8) is 0 Å². The molecule has 1 atom stereocenters. The molecule has 6 nitrogen and oxygen atoms in total. The normalized spacial score (nSPS) is 15.1. The highest BCUT2D eigenvalue weighted by molar-refractivity contribution is 9.10. The summed E-state index contributed by atoms with van der Waals surface area (Å²) >= 11 is 9.37.